The van der Waals surface area contributed by atoms with Crippen LogP contribution in [-0.2, 0) is 4.79 Å². The zero-order valence-electron chi connectivity index (χ0n) is 15.4. The highest BCUT2D eigenvalue weighted by atomic mass is 35.5. The first-order chi connectivity index (χ1) is 12.9. The molecule has 2 aromatic carbocycles. The lowest BCUT2D eigenvalue weighted by Crippen LogP contribution is -2.35. The van der Waals surface area contributed by atoms with Gasteiger partial charge < -0.3 is 4.90 Å². The van der Waals surface area contributed by atoms with Crippen molar-refractivity contribution in [2.75, 3.05) is 32.1 Å². The van der Waals surface area contributed by atoms with E-state index in [1.807, 2.05) is 49.3 Å². The van der Waals surface area contributed by atoms with Gasteiger partial charge >= 0.3 is 0 Å². The molecule has 0 saturated carbocycles. The SMILES string of the molecule is CN(C)CCN(C(=O)/C=C/c1ccccc1)c1nc2c(F)cc(F)cc2s1.Cl. The third-order valence-corrected chi connectivity index (χ3v) is 4.91. The molecule has 0 unspecified atom stereocenters. The molecule has 3 rings (SSSR count). The van der Waals surface area contributed by atoms with Gasteiger partial charge in [0.1, 0.15) is 11.3 Å². The number of thiazole rings is 1. The van der Waals surface area contributed by atoms with Gasteiger partial charge in [-0.15, -0.1) is 12.4 Å². The molecule has 4 nitrogen and oxygen atoms in total. The number of rotatable bonds is 6. The molecule has 0 aliphatic carbocycles. The summed E-state index contributed by atoms with van der Waals surface area (Å²) < 4.78 is 27.8. The molecule has 28 heavy (non-hydrogen) atoms. The Morgan fingerprint density at radius 1 is 1.14 bits per heavy atom. The molecule has 0 spiro atoms. The fraction of sp³-hybridized carbons (Fsp3) is 0.200. The van der Waals surface area contributed by atoms with E-state index in [0.717, 1.165) is 23.0 Å². The molecule has 0 saturated heterocycles. The Balaban J connectivity index is 0.00000280. The fourth-order valence-electron chi connectivity index (χ4n) is 2.48. The second-order valence-corrected chi connectivity index (χ2v) is 7.28. The lowest BCUT2D eigenvalue weighted by atomic mass is 10.2. The Morgan fingerprint density at radius 3 is 2.54 bits per heavy atom. The molecular weight excluding hydrogens is 404 g/mol. The zero-order chi connectivity index (χ0) is 19.4. The minimum Gasteiger partial charge on any atom is -0.308 e. The van der Waals surface area contributed by atoms with Crippen LogP contribution in [0, 0.1) is 11.6 Å². The van der Waals surface area contributed by atoms with E-state index in [-0.39, 0.29) is 23.8 Å². The molecular formula is C20H20ClF2N3OS. The normalized spacial score (nSPS) is 11.2. The number of nitrogens with zero attached hydrogens (tertiary/aromatic N) is 3. The monoisotopic (exact) mass is 423 g/mol. The predicted octanol–water partition coefficient (Wildman–Crippen LogP) is 4.60. The molecule has 1 heterocycles. The van der Waals surface area contributed by atoms with E-state index in [4.69, 9.17) is 0 Å². The van der Waals surface area contributed by atoms with Crippen molar-refractivity contribution in [2.45, 2.75) is 0 Å². The van der Waals surface area contributed by atoms with Crippen molar-refractivity contribution in [3.05, 3.63) is 65.7 Å². The van der Waals surface area contributed by atoms with E-state index in [1.165, 1.54) is 17.0 Å². The molecule has 3 aromatic rings. The van der Waals surface area contributed by atoms with Crippen LogP contribution < -0.4 is 4.90 Å². The lowest BCUT2D eigenvalue weighted by molar-refractivity contribution is -0.114. The van der Waals surface area contributed by atoms with Gasteiger partial charge in [-0.25, -0.2) is 13.8 Å². The van der Waals surface area contributed by atoms with E-state index in [9.17, 15) is 13.6 Å². The maximum Gasteiger partial charge on any atom is 0.252 e. The summed E-state index contributed by atoms with van der Waals surface area (Å²) >= 11 is 1.10. The van der Waals surface area contributed by atoms with Gasteiger partial charge in [-0.2, -0.15) is 0 Å². The fourth-order valence-corrected chi connectivity index (χ4v) is 3.52. The van der Waals surface area contributed by atoms with Gasteiger partial charge in [-0.05, 0) is 31.8 Å². The van der Waals surface area contributed by atoms with E-state index in [0.29, 0.717) is 22.9 Å². The average Bonchev–Trinajstić information content (AvgIpc) is 3.04. The minimum absolute atomic E-state index is 0. The maximum absolute atomic E-state index is 14.0. The van der Waals surface area contributed by atoms with Crippen LogP contribution in [0.5, 0.6) is 0 Å². The van der Waals surface area contributed by atoms with Crippen LogP contribution >= 0.6 is 23.7 Å². The van der Waals surface area contributed by atoms with Crippen LogP contribution in [0.4, 0.5) is 13.9 Å². The summed E-state index contributed by atoms with van der Waals surface area (Å²) in [6.45, 7) is 0.993. The number of benzene rings is 2. The van der Waals surface area contributed by atoms with Gasteiger partial charge in [0.05, 0.1) is 4.70 Å². The summed E-state index contributed by atoms with van der Waals surface area (Å²) in [4.78, 5) is 20.4. The number of amides is 1. The van der Waals surface area contributed by atoms with Gasteiger partial charge in [-0.3, -0.25) is 9.69 Å². The van der Waals surface area contributed by atoms with Gasteiger partial charge in [0, 0.05) is 25.2 Å². The quantitative estimate of drug-likeness (QED) is 0.543. The summed E-state index contributed by atoms with van der Waals surface area (Å²) in [6, 6.07) is 11.5. The first kappa shape index (κ1) is 21.9. The Hall–Kier alpha value is -2.35. The number of anilines is 1. The molecule has 0 radical (unpaired) electrons. The van der Waals surface area contributed by atoms with Crippen LogP contribution in [0.2, 0.25) is 0 Å². The Bertz CT molecular complexity index is 976. The van der Waals surface area contributed by atoms with E-state index < -0.39 is 11.6 Å². The smallest absolute Gasteiger partial charge is 0.252 e. The maximum atomic E-state index is 14.0. The Labute approximate surface area is 172 Å². The van der Waals surface area contributed by atoms with Crippen LogP contribution in [0.1, 0.15) is 5.56 Å². The molecule has 1 aromatic heterocycles. The number of likely N-dealkylation sites (N-methyl/N-ethyl adjacent to an activating group) is 1. The molecule has 0 bridgehead atoms. The Kier molecular flexibility index (Phi) is 7.62. The van der Waals surface area contributed by atoms with Gasteiger partial charge in [0.15, 0.2) is 10.9 Å². The van der Waals surface area contributed by atoms with Crippen molar-refractivity contribution in [3.63, 3.8) is 0 Å². The number of carbonyl (C=O) groups is 1. The molecule has 0 N–H and O–H groups in total. The van der Waals surface area contributed by atoms with E-state index in [2.05, 4.69) is 4.98 Å². The molecule has 0 aliphatic rings. The topological polar surface area (TPSA) is 36.4 Å². The summed E-state index contributed by atoms with van der Waals surface area (Å²) in [7, 11) is 3.80. The summed E-state index contributed by atoms with van der Waals surface area (Å²) in [6.07, 6.45) is 3.19. The summed E-state index contributed by atoms with van der Waals surface area (Å²) in [5.41, 5.74) is 0.974. The molecule has 0 aliphatic heterocycles. The standard InChI is InChI=1S/C20H19F2N3OS.ClH/c1-24(2)10-11-25(18(26)9-8-14-6-4-3-5-7-14)20-23-19-16(22)12-15(21)13-17(19)27-20;/h3-9,12-13H,10-11H2,1-2H3;1H/b9-8+;. The molecule has 0 fully saturated rings. The first-order valence-corrected chi connectivity index (χ1v) is 9.20. The van der Waals surface area contributed by atoms with Crippen LogP contribution in [0.15, 0.2) is 48.5 Å². The van der Waals surface area contributed by atoms with Crippen LogP contribution in [-0.4, -0.2) is 43.0 Å². The van der Waals surface area contributed by atoms with Gasteiger partial charge in [0.25, 0.3) is 5.91 Å². The highest BCUT2D eigenvalue weighted by Crippen LogP contribution is 2.31. The van der Waals surface area contributed by atoms with Crippen molar-refractivity contribution in [1.82, 2.24) is 9.88 Å². The lowest BCUT2D eigenvalue weighted by Gasteiger charge is -2.20. The number of carbonyl (C=O) groups excluding carboxylic acids is 1. The second kappa shape index (κ2) is 9.73. The van der Waals surface area contributed by atoms with E-state index >= 15 is 0 Å². The van der Waals surface area contributed by atoms with E-state index in [1.54, 1.807) is 6.08 Å². The third-order valence-electron chi connectivity index (χ3n) is 3.89. The molecule has 8 heteroatoms. The van der Waals surface area contributed by atoms with Crippen LogP contribution in [0.3, 0.4) is 0 Å². The predicted molar refractivity (Wildman–Crippen MR) is 113 cm³/mol. The second-order valence-electron chi connectivity index (χ2n) is 6.27. The molecule has 148 valence electrons. The highest BCUT2D eigenvalue weighted by molar-refractivity contribution is 7.22. The summed E-state index contributed by atoms with van der Waals surface area (Å²) in [5.74, 6) is -1.65. The first-order valence-electron chi connectivity index (χ1n) is 8.39. The van der Waals surface area contributed by atoms with Crippen molar-refractivity contribution >= 4 is 51.1 Å². The number of aromatic nitrogens is 1. The van der Waals surface area contributed by atoms with Crippen molar-refractivity contribution in [2.24, 2.45) is 0 Å². The Morgan fingerprint density at radius 2 is 1.86 bits per heavy atom. The number of halogens is 3. The average molecular weight is 424 g/mol. The number of fused-ring (bicyclic) bond motifs is 1. The van der Waals surface area contributed by atoms with Crippen molar-refractivity contribution < 1.29 is 13.6 Å². The highest BCUT2D eigenvalue weighted by Gasteiger charge is 2.20. The summed E-state index contributed by atoms with van der Waals surface area (Å²) in [5, 5.41) is 0.346. The van der Waals surface area contributed by atoms with Gasteiger partial charge in [-0.1, -0.05) is 41.7 Å². The third kappa shape index (κ3) is 5.34. The van der Waals surface area contributed by atoms with Crippen LogP contribution in [0.25, 0.3) is 16.3 Å². The number of hydrogen-bond acceptors (Lipinski definition) is 4. The number of hydrogen-bond donors (Lipinski definition) is 0. The minimum atomic E-state index is -0.729. The van der Waals surface area contributed by atoms with Crippen molar-refractivity contribution in [1.29, 1.82) is 0 Å². The van der Waals surface area contributed by atoms with Crippen molar-refractivity contribution in [3.8, 4) is 0 Å². The largest absolute Gasteiger partial charge is 0.308 e. The van der Waals surface area contributed by atoms with Gasteiger partial charge in [0.2, 0.25) is 0 Å². The zero-order valence-corrected chi connectivity index (χ0v) is 17.1. The molecule has 1 amide bonds. The molecule has 0 atom stereocenters.